The molecule has 0 aromatic heterocycles. The van der Waals surface area contributed by atoms with Gasteiger partial charge in [-0.15, -0.1) is 0 Å². The van der Waals surface area contributed by atoms with Gasteiger partial charge >= 0.3 is 0 Å². The summed E-state index contributed by atoms with van der Waals surface area (Å²) in [6.45, 7) is 1.86. The highest BCUT2D eigenvalue weighted by molar-refractivity contribution is 6.30. The molecular formula is C15H14ClNO2. The van der Waals surface area contributed by atoms with Gasteiger partial charge in [-0.25, -0.2) is 0 Å². The van der Waals surface area contributed by atoms with E-state index >= 15 is 0 Å². The number of rotatable bonds is 4. The van der Waals surface area contributed by atoms with Crippen LogP contribution in [0.25, 0.3) is 0 Å². The van der Waals surface area contributed by atoms with E-state index in [2.05, 4.69) is 0 Å². The number of benzene rings is 2. The maximum Gasteiger partial charge on any atom is 0.214 e. The van der Waals surface area contributed by atoms with Gasteiger partial charge in [0.05, 0.1) is 5.92 Å². The fourth-order valence-corrected chi connectivity index (χ4v) is 2.27. The minimum absolute atomic E-state index is 0.136. The summed E-state index contributed by atoms with van der Waals surface area (Å²) < 4.78 is 0. The Hall–Kier alpha value is -1.87. The number of aryl methyl sites for hydroxylation is 1. The van der Waals surface area contributed by atoms with E-state index in [0.29, 0.717) is 5.02 Å². The first-order valence-electron chi connectivity index (χ1n) is 6.00. The summed E-state index contributed by atoms with van der Waals surface area (Å²) in [5, 5.41) is 11.5. The highest BCUT2D eigenvalue weighted by Gasteiger charge is 2.20. The third kappa shape index (κ3) is 3.55. The van der Waals surface area contributed by atoms with Gasteiger partial charge < -0.3 is 0 Å². The summed E-state index contributed by atoms with van der Waals surface area (Å²) in [5.74, 6) is -0.269. The highest BCUT2D eigenvalue weighted by atomic mass is 35.5. The fourth-order valence-electron chi connectivity index (χ4n) is 2.07. The van der Waals surface area contributed by atoms with Crippen molar-refractivity contribution in [2.75, 3.05) is 6.54 Å². The molecule has 0 fully saturated rings. The van der Waals surface area contributed by atoms with Gasteiger partial charge in [0.2, 0.25) is 6.54 Å². The van der Waals surface area contributed by atoms with Crippen molar-refractivity contribution in [3.05, 3.63) is 80.4 Å². The van der Waals surface area contributed by atoms with Crippen molar-refractivity contribution >= 4 is 11.6 Å². The van der Waals surface area contributed by atoms with E-state index in [1.165, 1.54) is 0 Å². The molecule has 0 bridgehead atoms. The van der Waals surface area contributed by atoms with Crippen LogP contribution < -0.4 is 0 Å². The molecule has 0 saturated carbocycles. The lowest BCUT2D eigenvalue weighted by Crippen LogP contribution is -2.14. The Morgan fingerprint density at radius 3 is 2.42 bits per heavy atom. The van der Waals surface area contributed by atoms with E-state index in [1.807, 2.05) is 43.3 Å². The smallest absolute Gasteiger partial charge is 0.214 e. The Morgan fingerprint density at radius 1 is 1.16 bits per heavy atom. The number of halogens is 1. The van der Waals surface area contributed by atoms with Crippen molar-refractivity contribution in [1.29, 1.82) is 0 Å². The van der Waals surface area contributed by atoms with E-state index in [1.54, 1.807) is 12.1 Å². The number of nitro groups is 1. The predicted molar refractivity (Wildman–Crippen MR) is 76.3 cm³/mol. The Balaban J connectivity index is 2.40. The second-order valence-electron chi connectivity index (χ2n) is 4.53. The van der Waals surface area contributed by atoms with Crippen LogP contribution in [0.15, 0.2) is 48.5 Å². The first-order chi connectivity index (χ1) is 9.06. The maximum absolute atomic E-state index is 10.9. The van der Waals surface area contributed by atoms with Gasteiger partial charge in [0.1, 0.15) is 0 Å². The molecule has 0 radical (unpaired) electrons. The molecule has 0 unspecified atom stereocenters. The lowest BCUT2D eigenvalue weighted by molar-refractivity contribution is -0.481. The van der Waals surface area contributed by atoms with Crippen molar-refractivity contribution in [2.24, 2.45) is 0 Å². The highest BCUT2D eigenvalue weighted by Crippen LogP contribution is 2.27. The molecule has 0 N–H and O–H groups in total. The minimum atomic E-state index is -0.286. The van der Waals surface area contributed by atoms with Crippen LogP contribution in [0.3, 0.4) is 0 Å². The molecule has 98 valence electrons. The molecule has 0 aliphatic rings. The minimum Gasteiger partial charge on any atom is -0.265 e. The number of nitrogens with zero attached hydrogens (tertiary/aromatic N) is 1. The van der Waals surface area contributed by atoms with Crippen LogP contribution in [0.1, 0.15) is 22.6 Å². The summed E-state index contributed by atoms with van der Waals surface area (Å²) in [5.41, 5.74) is 2.94. The van der Waals surface area contributed by atoms with Crippen molar-refractivity contribution < 1.29 is 4.92 Å². The SMILES string of the molecule is Cc1ccc([C@H](C[N+](=O)[O-])c2cccc(Cl)c2)cc1. The van der Waals surface area contributed by atoms with E-state index < -0.39 is 0 Å². The Kier molecular flexibility index (Phi) is 4.17. The van der Waals surface area contributed by atoms with Crippen LogP contribution >= 0.6 is 11.6 Å². The summed E-state index contributed by atoms with van der Waals surface area (Å²) >= 11 is 5.97. The third-order valence-electron chi connectivity index (χ3n) is 3.06. The van der Waals surface area contributed by atoms with Gasteiger partial charge in [-0.3, -0.25) is 10.1 Å². The molecule has 2 aromatic carbocycles. The zero-order valence-electron chi connectivity index (χ0n) is 10.5. The molecule has 0 aliphatic heterocycles. The van der Waals surface area contributed by atoms with Crippen molar-refractivity contribution in [3.8, 4) is 0 Å². The molecule has 0 saturated heterocycles. The average molecular weight is 276 g/mol. The first-order valence-corrected chi connectivity index (χ1v) is 6.38. The second kappa shape index (κ2) is 5.85. The zero-order valence-corrected chi connectivity index (χ0v) is 11.3. The molecule has 0 spiro atoms. The zero-order chi connectivity index (χ0) is 13.8. The second-order valence-corrected chi connectivity index (χ2v) is 4.97. The summed E-state index contributed by atoms with van der Waals surface area (Å²) in [6.07, 6.45) is 0. The van der Waals surface area contributed by atoms with Crippen LogP contribution in [0.4, 0.5) is 0 Å². The molecule has 0 aliphatic carbocycles. The molecule has 2 aromatic rings. The molecule has 1 atom stereocenters. The van der Waals surface area contributed by atoms with Gasteiger partial charge in [-0.05, 0) is 30.2 Å². The molecule has 2 rings (SSSR count). The van der Waals surface area contributed by atoms with Gasteiger partial charge in [0.15, 0.2) is 0 Å². The number of hydrogen-bond acceptors (Lipinski definition) is 2. The normalized spacial score (nSPS) is 12.1. The fraction of sp³-hybridized carbons (Fsp3) is 0.200. The molecule has 0 heterocycles. The number of hydrogen-bond donors (Lipinski definition) is 0. The topological polar surface area (TPSA) is 43.1 Å². The predicted octanol–water partition coefficient (Wildman–Crippen LogP) is 4.06. The van der Waals surface area contributed by atoms with Gasteiger partial charge in [-0.1, -0.05) is 53.6 Å². The Labute approximate surface area is 117 Å². The standard InChI is InChI=1S/C15H14ClNO2/c1-11-5-7-12(8-6-11)15(10-17(18)19)13-3-2-4-14(16)9-13/h2-9,15H,10H2,1H3/t15-/m0/s1. The quantitative estimate of drug-likeness (QED) is 0.624. The van der Waals surface area contributed by atoms with E-state index in [4.69, 9.17) is 11.6 Å². The molecule has 4 heteroatoms. The van der Waals surface area contributed by atoms with Crippen LogP contribution in [0, 0.1) is 17.0 Å². The third-order valence-corrected chi connectivity index (χ3v) is 3.30. The van der Waals surface area contributed by atoms with Crippen molar-refractivity contribution in [2.45, 2.75) is 12.8 Å². The summed E-state index contributed by atoms with van der Waals surface area (Å²) in [7, 11) is 0. The monoisotopic (exact) mass is 275 g/mol. The van der Waals surface area contributed by atoms with Crippen LogP contribution in [-0.4, -0.2) is 11.5 Å². The van der Waals surface area contributed by atoms with E-state index in [9.17, 15) is 10.1 Å². The average Bonchev–Trinajstić information content (AvgIpc) is 2.37. The van der Waals surface area contributed by atoms with E-state index in [0.717, 1.165) is 16.7 Å². The van der Waals surface area contributed by atoms with Gasteiger partial charge in [0, 0.05) is 9.95 Å². The molecule has 19 heavy (non-hydrogen) atoms. The van der Waals surface area contributed by atoms with Gasteiger partial charge in [-0.2, -0.15) is 0 Å². The Morgan fingerprint density at radius 2 is 1.84 bits per heavy atom. The van der Waals surface area contributed by atoms with Crippen molar-refractivity contribution in [3.63, 3.8) is 0 Å². The lowest BCUT2D eigenvalue weighted by atomic mass is 9.91. The molecule has 3 nitrogen and oxygen atoms in total. The largest absolute Gasteiger partial charge is 0.265 e. The van der Waals surface area contributed by atoms with Gasteiger partial charge in [0.25, 0.3) is 0 Å². The summed E-state index contributed by atoms with van der Waals surface area (Å²) in [6, 6.07) is 15.0. The molecular weight excluding hydrogens is 262 g/mol. The summed E-state index contributed by atoms with van der Waals surface area (Å²) in [4.78, 5) is 10.6. The maximum atomic E-state index is 10.9. The molecule has 0 amide bonds. The van der Waals surface area contributed by atoms with Crippen LogP contribution in [0.5, 0.6) is 0 Å². The first kappa shape index (κ1) is 13.6. The van der Waals surface area contributed by atoms with E-state index in [-0.39, 0.29) is 17.4 Å². The van der Waals surface area contributed by atoms with Crippen LogP contribution in [0.2, 0.25) is 5.02 Å². The van der Waals surface area contributed by atoms with Crippen LogP contribution in [-0.2, 0) is 0 Å². The lowest BCUT2D eigenvalue weighted by Gasteiger charge is -2.14. The Bertz CT molecular complexity index is 581. The van der Waals surface area contributed by atoms with Crippen molar-refractivity contribution in [1.82, 2.24) is 0 Å².